The topological polar surface area (TPSA) is 156 Å². The number of anilines is 1. The Balaban J connectivity index is 1.99. The number of amides is 1. The average molecular weight is 416 g/mol. The highest BCUT2D eigenvalue weighted by atomic mass is 32.2. The molecule has 1 atom stereocenters. The minimum Gasteiger partial charge on any atom is -0.480 e. The van der Waals surface area contributed by atoms with Crippen LogP contribution in [0.15, 0.2) is 34.2 Å². The summed E-state index contributed by atoms with van der Waals surface area (Å²) < 4.78 is 1.71. The number of aromatic amines is 1. The molecule has 0 radical (unpaired) electrons. The molecular weight excluding hydrogens is 396 g/mol. The average Bonchev–Trinajstić information content (AvgIpc) is 2.98. The standard InChI is InChI=1S/C18H20N6O4S/c1-9-3-5-11(6-4-9)7-24-14-13(15(26)23-17(19)22-14)21-18(24)29-8-12(16(27)28)20-10(2)25/h3-6,12H,7-8H2,1-2H3,(H,20,25)(H,27,28)(H3,19,22,23,26). The molecule has 0 aliphatic heterocycles. The van der Waals surface area contributed by atoms with Crippen LogP contribution in [-0.4, -0.2) is 48.3 Å². The first-order valence-electron chi connectivity index (χ1n) is 8.69. The molecule has 3 rings (SSSR count). The number of thioether (sulfide) groups is 1. The van der Waals surface area contributed by atoms with Crippen LogP contribution in [0.25, 0.3) is 11.2 Å². The van der Waals surface area contributed by atoms with E-state index in [1.54, 1.807) is 4.57 Å². The summed E-state index contributed by atoms with van der Waals surface area (Å²) in [6.07, 6.45) is 0. The molecular formula is C18H20N6O4S. The number of rotatable bonds is 7. The van der Waals surface area contributed by atoms with Crippen molar-refractivity contribution in [1.29, 1.82) is 0 Å². The number of nitrogen functional groups attached to an aromatic ring is 1. The Kier molecular flexibility index (Phi) is 5.87. The van der Waals surface area contributed by atoms with Crippen LogP contribution < -0.4 is 16.6 Å². The first-order chi connectivity index (χ1) is 13.7. The van der Waals surface area contributed by atoms with E-state index in [1.807, 2.05) is 31.2 Å². The maximum absolute atomic E-state index is 12.2. The Bertz CT molecular complexity index is 1120. The van der Waals surface area contributed by atoms with Gasteiger partial charge >= 0.3 is 5.97 Å². The van der Waals surface area contributed by atoms with E-state index in [0.29, 0.717) is 17.3 Å². The van der Waals surface area contributed by atoms with E-state index in [2.05, 4.69) is 20.3 Å². The highest BCUT2D eigenvalue weighted by Crippen LogP contribution is 2.24. The Morgan fingerprint density at radius 3 is 2.62 bits per heavy atom. The van der Waals surface area contributed by atoms with Crippen LogP contribution in [0.5, 0.6) is 0 Å². The molecule has 0 bridgehead atoms. The summed E-state index contributed by atoms with van der Waals surface area (Å²) in [6, 6.07) is 6.73. The van der Waals surface area contributed by atoms with Gasteiger partial charge in [-0.3, -0.25) is 19.1 Å². The van der Waals surface area contributed by atoms with Crippen molar-refractivity contribution in [1.82, 2.24) is 24.8 Å². The van der Waals surface area contributed by atoms with Crippen molar-refractivity contribution in [2.24, 2.45) is 0 Å². The van der Waals surface area contributed by atoms with Crippen LogP contribution in [0.3, 0.4) is 0 Å². The third kappa shape index (κ3) is 4.74. The second-order valence-electron chi connectivity index (χ2n) is 6.49. The number of carboxylic acids is 1. The molecule has 0 saturated carbocycles. The lowest BCUT2D eigenvalue weighted by Gasteiger charge is -2.13. The molecule has 11 heteroatoms. The molecule has 152 valence electrons. The van der Waals surface area contributed by atoms with Gasteiger partial charge in [0.1, 0.15) is 6.04 Å². The minimum atomic E-state index is -1.16. The smallest absolute Gasteiger partial charge is 0.327 e. The summed E-state index contributed by atoms with van der Waals surface area (Å²) in [4.78, 5) is 45.8. The quantitative estimate of drug-likeness (QED) is 0.411. The van der Waals surface area contributed by atoms with Crippen LogP contribution in [0.1, 0.15) is 18.1 Å². The van der Waals surface area contributed by atoms with E-state index >= 15 is 0 Å². The highest BCUT2D eigenvalue weighted by molar-refractivity contribution is 7.99. The summed E-state index contributed by atoms with van der Waals surface area (Å²) in [5.41, 5.74) is 7.69. The number of hydrogen-bond donors (Lipinski definition) is 4. The van der Waals surface area contributed by atoms with E-state index < -0.39 is 23.5 Å². The number of aliphatic carboxylic acids is 1. The minimum absolute atomic E-state index is 0.0273. The van der Waals surface area contributed by atoms with Crippen molar-refractivity contribution in [3.05, 3.63) is 45.7 Å². The fraction of sp³-hybridized carbons (Fsp3) is 0.278. The van der Waals surface area contributed by atoms with Crippen LogP contribution in [0, 0.1) is 6.92 Å². The molecule has 29 heavy (non-hydrogen) atoms. The SMILES string of the molecule is CC(=O)NC(CSc1nc2c(=O)[nH]c(N)nc2n1Cc1ccc(C)cc1)C(=O)O. The molecule has 3 aromatic rings. The number of imidazole rings is 1. The molecule has 5 N–H and O–H groups in total. The van der Waals surface area contributed by atoms with Gasteiger partial charge in [-0.2, -0.15) is 4.98 Å². The number of benzene rings is 1. The van der Waals surface area contributed by atoms with Crippen LogP contribution in [0.4, 0.5) is 5.95 Å². The summed E-state index contributed by atoms with van der Waals surface area (Å²) >= 11 is 1.11. The number of nitrogens with two attached hydrogens (primary N) is 1. The number of aryl methyl sites for hydroxylation is 1. The van der Waals surface area contributed by atoms with Gasteiger partial charge in [-0.15, -0.1) is 0 Å². The van der Waals surface area contributed by atoms with E-state index in [-0.39, 0.29) is 17.2 Å². The van der Waals surface area contributed by atoms with Crippen molar-refractivity contribution >= 4 is 40.8 Å². The lowest BCUT2D eigenvalue weighted by atomic mass is 10.1. The summed E-state index contributed by atoms with van der Waals surface area (Å²) in [5.74, 6) is -1.61. The Morgan fingerprint density at radius 1 is 1.31 bits per heavy atom. The van der Waals surface area contributed by atoms with Crippen molar-refractivity contribution < 1.29 is 14.7 Å². The molecule has 0 aliphatic carbocycles. The van der Waals surface area contributed by atoms with Gasteiger partial charge in [0.2, 0.25) is 11.9 Å². The number of carboxylic acid groups (broad SMARTS) is 1. The molecule has 2 heterocycles. The molecule has 1 amide bonds. The van der Waals surface area contributed by atoms with Crippen molar-refractivity contribution in [2.75, 3.05) is 11.5 Å². The van der Waals surface area contributed by atoms with Gasteiger partial charge in [-0.1, -0.05) is 41.6 Å². The number of H-pyrrole nitrogens is 1. The van der Waals surface area contributed by atoms with E-state index in [4.69, 9.17) is 5.73 Å². The number of hydrogen-bond acceptors (Lipinski definition) is 7. The van der Waals surface area contributed by atoms with Gasteiger partial charge in [0.05, 0.1) is 6.54 Å². The Morgan fingerprint density at radius 2 is 2.00 bits per heavy atom. The van der Waals surface area contributed by atoms with Gasteiger partial charge in [-0.25, -0.2) is 9.78 Å². The van der Waals surface area contributed by atoms with E-state index in [0.717, 1.165) is 22.9 Å². The van der Waals surface area contributed by atoms with Gasteiger partial charge in [-0.05, 0) is 12.5 Å². The Labute approximate surface area is 169 Å². The number of carbonyl (C=O) groups excluding carboxylic acids is 1. The zero-order valence-electron chi connectivity index (χ0n) is 15.8. The van der Waals surface area contributed by atoms with E-state index in [1.165, 1.54) is 6.92 Å². The first kappa shape index (κ1) is 20.4. The summed E-state index contributed by atoms with van der Waals surface area (Å²) in [6.45, 7) is 3.60. The fourth-order valence-corrected chi connectivity index (χ4v) is 3.72. The molecule has 0 fully saturated rings. The number of fused-ring (bicyclic) bond motifs is 1. The second-order valence-corrected chi connectivity index (χ2v) is 7.48. The van der Waals surface area contributed by atoms with Gasteiger partial charge in [0, 0.05) is 12.7 Å². The van der Waals surface area contributed by atoms with Crippen LogP contribution in [-0.2, 0) is 16.1 Å². The largest absolute Gasteiger partial charge is 0.480 e. The fourth-order valence-electron chi connectivity index (χ4n) is 2.71. The molecule has 2 aromatic heterocycles. The van der Waals surface area contributed by atoms with Gasteiger partial charge in [0.15, 0.2) is 16.3 Å². The maximum atomic E-state index is 12.2. The number of nitrogens with zero attached hydrogens (tertiary/aromatic N) is 3. The monoisotopic (exact) mass is 416 g/mol. The summed E-state index contributed by atoms with van der Waals surface area (Å²) in [5, 5.41) is 12.1. The number of nitrogens with one attached hydrogen (secondary N) is 2. The zero-order chi connectivity index (χ0) is 21.1. The molecule has 0 saturated heterocycles. The third-order valence-electron chi connectivity index (χ3n) is 4.10. The van der Waals surface area contributed by atoms with Crippen LogP contribution in [0.2, 0.25) is 0 Å². The molecule has 1 unspecified atom stereocenters. The Hall–Kier alpha value is -3.34. The maximum Gasteiger partial charge on any atom is 0.327 e. The van der Waals surface area contributed by atoms with E-state index in [9.17, 15) is 19.5 Å². The predicted molar refractivity (Wildman–Crippen MR) is 109 cm³/mol. The van der Waals surface area contributed by atoms with Crippen molar-refractivity contribution in [3.63, 3.8) is 0 Å². The lowest BCUT2D eigenvalue weighted by molar-refractivity contribution is -0.140. The second kappa shape index (κ2) is 8.35. The van der Waals surface area contributed by atoms with Gasteiger partial charge < -0.3 is 16.2 Å². The van der Waals surface area contributed by atoms with Crippen LogP contribution >= 0.6 is 11.8 Å². The van der Waals surface area contributed by atoms with Gasteiger partial charge in [0.25, 0.3) is 5.56 Å². The normalized spacial score (nSPS) is 12.1. The van der Waals surface area contributed by atoms with Crippen molar-refractivity contribution in [2.45, 2.75) is 31.6 Å². The molecule has 1 aromatic carbocycles. The molecule has 10 nitrogen and oxygen atoms in total. The summed E-state index contributed by atoms with van der Waals surface area (Å²) in [7, 11) is 0. The third-order valence-corrected chi connectivity index (χ3v) is 5.17. The highest BCUT2D eigenvalue weighted by Gasteiger charge is 2.22. The number of aromatic nitrogens is 4. The molecule has 0 spiro atoms. The number of carbonyl (C=O) groups is 2. The first-order valence-corrected chi connectivity index (χ1v) is 9.67. The zero-order valence-corrected chi connectivity index (χ0v) is 16.6. The lowest BCUT2D eigenvalue weighted by Crippen LogP contribution is -2.41. The molecule has 0 aliphatic rings. The van der Waals surface area contributed by atoms with Crippen molar-refractivity contribution in [3.8, 4) is 0 Å². The predicted octanol–water partition coefficient (Wildman–Crippen LogP) is 0.740.